The van der Waals surface area contributed by atoms with E-state index in [-0.39, 0.29) is 24.0 Å². The molecule has 0 aliphatic heterocycles. The fraction of sp³-hybridized carbons (Fsp3) is 0.389. The number of hydrogen-bond acceptors (Lipinski definition) is 3. The molecule has 2 N–H and O–H groups in total. The maximum absolute atomic E-state index is 13.6. The fourth-order valence-electron chi connectivity index (χ4n) is 2.23. The molecule has 0 amide bonds. The molecule has 0 aliphatic rings. The molecule has 0 aliphatic carbocycles. The van der Waals surface area contributed by atoms with E-state index < -0.39 is 11.6 Å². The summed E-state index contributed by atoms with van der Waals surface area (Å²) in [6.45, 7) is 2.19. The molecule has 0 saturated carbocycles. The predicted octanol–water partition coefficient (Wildman–Crippen LogP) is 3.49. The minimum Gasteiger partial charge on any atom is -0.467 e. The first-order valence-corrected chi connectivity index (χ1v) is 8.18. The summed E-state index contributed by atoms with van der Waals surface area (Å²) in [4.78, 5) is 4.09. The third-order valence-electron chi connectivity index (χ3n) is 3.52. The Hall–Kier alpha value is -1.68. The van der Waals surface area contributed by atoms with E-state index in [1.165, 1.54) is 6.07 Å². The highest BCUT2D eigenvalue weighted by Crippen LogP contribution is 2.11. The SMILES string of the molecule is CN=C(NCCCOCc1ccco1)NCCc1cccc(F)c1F.I. The summed E-state index contributed by atoms with van der Waals surface area (Å²) in [5.41, 5.74) is 0.342. The maximum atomic E-state index is 13.6. The Morgan fingerprint density at radius 3 is 2.69 bits per heavy atom. The van der Waals surface area contributed by atoms with Gasteiger partial charge in [0.1, 0.15) is 12.4 Å². The Morgan fingerprint density at radius 1 is 1.15 bits per heavy atom. The summed E-state index contributed by atoms with van der Waals surface area (Å²) in [6.07, 6.45) is 2.79. The lowest BCUT2D eigenvalue weighted by atomic mass is 10.1. The Morgan fingerprint density at radius 2 is 1.96 bits per heavy atom. The van der Waals surface area contributed by atoms with Gasteiger partial charge in [-0.15, -0.1) is 24.0 Å². The van der Waals surface area contributed by atoms with Gasteiger partial charge in [-0.05, 0) is 36.6 Å². The third-order valence-corrected chi connectivity index (χ3v) is 3.52. The summed E-state index contributed by atoms with van der Waals surface area (Å²) >= 11 is 0. The number of guanidine groups is 1. The molecular formula is C18H24F2IN3O2. The molecule has 2 rings (SSSR count). The van der Waals surface area contributed by atoms with Crippen molar-refractivity contribution >= 4 is 29.9 Å². The molecule has 1 aromatic heterocycles. The van der Waals surface area contributed by atoms with Crippen LogP contribution >= 0.6 is 24.0 Å². The first kappa shape index (κ1) is 22.4. The third kappa shape index (κ3) is 7.69. The number of nitrogens with one attached hydrogen (secondary N) is 2. The highest BCUT2D eigenvalue weighted by molar-refractivity contribution is 14.0. The van der Waals surface area contributed by atoms with Gasteiger partial charge in [-0.1, -0.05) is 12.1 Å². The second-order valence-corrected chi connectivity index (χ2v) is 5.37. The van der Waals surface area contributed by atoms with Crippen LogP contribution in [0.3, 0.4) is 0 Å². The van der Waals surface area contributed by atoms with Gasteiger partial charge in [0, 0.05) is 26.7 Å². The molecule has 0 fully saturated rings. The number of furan rings is 1. The van der Waals surface area contributed by atoms with Crippen LogP contribution in [0.25, 0.3) is 0 Å². The van der Waals surface area contributed by atoms with Gasteiger partial charge in [-0.3, -0.25) is 4.99 Å². The molecule has 26 heavy (non-hydrogen) atoms. The van der Waals surface area contributed by atoms with Gasteiger partial charge in [-0.2, -0.15) is 0 Å². The molecule has 5 nitrogen and oxygen atoms in total. The molecule has 0 atom stereocenters. The molecule has 8 heteroatoms. The lowest BCUT2D eigenvalue weighted by molar-refractivity contribution is 0.105. The summed E-state index contributed by atoms with van der Waals surface area (Å²) < 4.78 is 37.4. The van der Waals surface area contributed by atoms with E-state index in [1.807, 2.05) is 12.1 Å². The second-order valence-electron chi connectivity index (χ2n) is 5.37. The molecule has 1 aromatic carbocycles. The van der Waals surface area contributed by atoms with Gasteiger partial charge in [0.05, 0.1) is 6.26 Å². The Balaban J connectivity index is 0.00000338. The summed E-state index contributed by atoms with van der Waals surface area (Å²) in [5.74, 6) is -0.201. The van der Waals surface area contributed by atoms with Gasteiger partial charge in [-0.25, -0.2) is 8.78 Å². The molecular weight excluding hydrogens is 455 g/mol. The molecule has 0 radical (unpaired) electrons. The van der Waals surface area contributed by atoms with Crippen LogP contribution < -0.4 is 10.6 Å². The van der Waals surface area contributed by atoms with Crippen LogP contribution in [-0.4, -0.2) is 32.7 Å². The standard InChI is InChI=1S/C18H23F2N3O2.HI/c1-21-18(22-9-4-11-24-13-15-6-3-12-25-15)23-10-8-14-5-2-7-16(19)17(14)20;/h2-3,5-7,12H,4,8-11,13H2,1H3,(H2,21,22,23);1H. The molecule has 0 saturated heterocycles. The van der Waals surface area contributed by atoms with Crippen LogP contribution in [0.5, 0.6) is 0 Å². The van der Waals surface area contributed by atoms with Crippen LogP contribution in [0.1, 0.15) is 17.7 Å². The van der Waals surface area contributed by atoms with E-state index >= 15 is 0 Å². The van der Waals surface area contributed by atoms with Gasteiger partial charge in [0.25, 0.3) is 0 Å². The number of hydrogen-bond donors (Lipinski definition) is 2. The van der Waals surface area contributed by atoms with Crippen molar-refractivity contribution in [2.24, 2.45) is 4.99 Å². The number of nitrogens with zero attached hydrogens (tertiary/aromatic N) is 1. The first-order valence-electron chi connectivity index (χ1n) is 8.18. The molecule has 0 unspecified atom stereocenters. The Bertz CT molecular complexity index is 666. The first-order chi connectivity index (χ1) is 12.2. The molecule has 0 spiro atoms. The zero-order chi connectivity index (χ0) is 17.9. The average Bonchev–Trinajstić information content (AvgIpc) is 3.13. The molecule has 2 aromatic rings. The molecule has 1 heterocycles. The van der Waals surface area contributed by atoms with E-state index in [4.69, 9.17) is 9.15 Å². The van der Waals surface area contributed by atoms with Crippen molar-refractivity contribution in [1.29, 1.82) is 0 Å². The van der Waals surface area contributed by atoms with Crippen LogP contribution in [-0.2, 0) is 17.8 Å². The van der Waals surface area contributed by atoms with E-state index in [1.54, 1.807) is 19.4 Å². The van der Waals surface area contributed by atoms with Crippen LogP contribution in [0.15, 0.2) is 46.0 Å². The lowest BCUT2D eigenvalue weighted by Gasteiger charge is -2.12. The lowest BCUT2D eigenvalue weighted by Crippen LogP contribution is -2.39. The highest BCUT2D eigenvalue weighted by Gasteiger charge is 2.07. The number of halogens is 3. The molecule has 144 valence electrons. The largest absolute Gasteiger partial charge is 0.467 e. The van der Waals surface area contributed by atoms with Crippen molar-refractivity contribution in [2.75, 3.05) is 26.7 Å². The predicted molar refractivity (Wildman–Crippen MR) is 108 cm³/mol. The van der Waals surface area contributed by atoms with E-state index in [9.17, 15) is 8.78 Å². The minimum atomic E-state index is -0.824. The monoisotopic (exact) mass is 479 g/mol. The smallest absolute Gasteiger partial charge is 0.190 e. The normalized spacial score (nSPS) is 11.1. The summed E-state index contributed by atoms with van der Waals surface area (Å²) in [5, 5.41) is 6.21. The zero-order valence-corrected chi connectivity index (χ0v) is 17.0. The minimum absolute atomic E-state index is 0. The Kier molecular flexibility index (Phi) is 10.9. The van der Waals surface area contributed by atoms with Crippen LogP contribution in [0.2, 0.25) is 0 Å². The summed E-state index contributed by atoms with van der Waals surface area (Å²) in [6, 6.07) is 7.88. The Labute approximate surface area is 169 Å². The average molecular weight is 479 g/mol. The van der Waals surface area contributed by atoms with Gasteiger partial charge in [0.15, 0.2) is 17.6 Å². The van der Waals surface area contributed by atoms with Gasteiger partial charge >= 0.3 is 0 Å². The number of rotatable bonds is 9. The van der Waals surface area contributed by atoms with Crippen LogP contribution in [0, 0.1) is 11.6 Å². The van der Waals surface area contributed by atoms with Crippen molar-refractivity contribution in [3.8, 4) is 0 Å². The fourth-order valence-corrected chi connectivity index (χ4v) is 2.23. The number of ether oxygens (including phenoxy) is 1. The maximum Gasteiger partial charge on any atom is 0.190 e. The second kappa shape index (κ2) is 12.6. The number of aliphatic imine (C=N–C) groups is 1. The van der Waals surface area contributed by atoms with Crippen molar-refractivity contribution in [2.45, 2.75) is 19.4 Å². The van der Waals surface area contributed by atoms with Gasteiger partial charge < -0.3 is 19.8 Å². The quantitative estimate of drug-likeness (QED) is 0.250. The van der Waals surface area contributed by atoms with Crippen molar-refractivity contribution in [1.82, 2.24) is 10.6 Å². The van der Waals surface area contributed by atoms with E-state index in [0.29, 0.717) is 44.2 Å². The highest BCUT2D eigenvalue weighted by atomic mass is 127. The van der Waals surface area contributed by atoms with Crippen molar-refractivity contribution in [3.63, 3.8) is 0 Å². The van der Waals surface area contributed by atoms with Gasteiger partial charge in [0.2, 0.25) is 0 Å². The number of benzene rings is 1. The summed E-state index contributed by atoms with van der Waals surface area (Å²) in [7, 11) is 1.66. The topological polar surface area (TPSA) is 58.8 Å². The van der Waals surface area contributed by atoms with Crippen LogP contribution in [0.4, 0.5) is 8.78 Å². The van der Waals surface area contributed by atoms with Crippen molar-refractivity contribution in [3.05, 3.63) is 59.6 Å². The zero-order valence-electron chi connectivity index (χ0n) is 14.6. The molecule has 0 bridgehead atoms. The van der Waals surface area contributed by atoms with Crippen molar-refractivity contribution < 1.29 is 17.9 Å². The van der Waals surface area contributed by atoms with E-state index in [2.05, 4.69) is 15.6 Å². The van der Waals surface area contributed by atoms with E-state index in [0.717, 1.165) is 18.2 Å².